The first-order chi connectivity index (χ1) is 11.8. The second-order valence-electron chi connectivity index (χ2n) is 7.16. The van der Waals surface area contributed by atoms with E-state index in [-0.39, 0.29) is 29.9 Å². The molecule has 0 radical (unpaired) electrons. The first-order valence-corrected chi connectivity index (χ1v) is 8.93. The van der Waals surface area contributed by atoms with Crippen LogP contribution in [-0.2, 0) is 11.2 Å². The van der Waals surface area contributed by atoms with Gasteiger partial charge >= 0.3 is 6.03 Å². The quantitative estimate of drug-likeness (QED) is 0.843. The van der Waals surface area contributed by atoms with Gasteiger partial charge in [0.05, 0.1) is 6.04 Å². The summed E-state index contributed by atoms with van der Waals surface area (Å²) in [6, 6.07) is 0.0662. The Morgan fingerprint density at radius 3 is 2.64 bits per heavy atom. The van der Waals surface area contributed by atoms with Gasteiger partial charge in [-0.1, -0.05) is 19.0 Å². The van der Waals surface area contributed by atoms with Gasteiger partial charge in [0, 0.05) is 44.9 Å². The standard InChI is InChI=1S/C17H29N5O3/c1-11(2)16-19-15(20-25-16)7-9-22(13(5)23)14-6-8-21(10-14)17(24)18-12(3)4/h11-12,14H,6-10H2,1-5H3,(H,18,24). The summed E-state index contributed by atoms with van der Waals surface area (Å²) in [5.41, 5.74) is 0. The fraction of sp³-hybridized carbons (Fsp3) is 0.765. The van der Waals surface area contributed by atoms with E-state index in [4.69, 9.17) is 4.52 Å². The van der Waals surface area contributed by atoms with E-state index in [0.717, 1.165) is 6.42 Å². The summed E-state index contributed by atoms with van der Waals surface area (Å²) in [5.74, 6) is 1.42. The van der Waals surface area contributed by atoms with Crippen molar-refractivity contribution in [1.82, 2.24) is 25.3 Å². The van der Waals surface area contributed by atoms with Crippen LogP contribution in [-0.4, -0.2) is 63.6 Å². The molecule has 8 nitrogen and oxygen atoms in total. The van der Waals surface area contributed by atoms with Crippen LogP contribution in [0.5, 0.6) is 0 Å². The fourth-order valence-corrected chi connectivity index (χ4v) is 2.94. The van der Waals surface area contributed by atoms with Gasteiger partial charge in [0.15, 0.2) is 5.82 Å². The number of aromatic nitrogens is 2. The predicted molar refractivity (Wildman–Crippen MR) is 93.1 cm³/mol. The van der Waals surface area contributed by atoms with Gasteiger partial charge in [-0.3, -0.25) is 4.79 Å². The fourth-order valence-electron chi connectivity index (χ4n) is 2.94. The van der Waals surface area contributed by atoms with Gasteiger partial charge < -0.3 is 19.6 Å². The number of likely N-dealkylation sites (tertiary alicyclic amines) is 1. The van der Waals surface area contributed by atoms with E-state index in [1.165, 1.54) is 0 Å². The highest BCUT2D eigenvalue weighted by molar-refractivity contribution is 5.76. The molecule has 0 saturated carbocycles. The van der Waals surface area contributed by atoms with E-state index in [2.05, 4.69) is 15.5 Å². The predicted octanol–water partition coefficient (Wildman–Crippen LogP) is 1.78. The molecule has 0 aliphatic carbocycles. The Labute approximate surface area is 148 Å². The minimum atomic E-state index is -0.0688. The molecule has 1 aliphatic heterocycles. The van der Waals surface area contributed by atoms with Crippen LogP contribution in [0.1, 0.15) is 58.7 Å². The molecular weight excluding hydrogens is 322 g/mol. The summed E-state index contributed by atoms with van der Waals surface area (Å²) in [6.45, 7) is 11.2. The third-order valence-electron chi connectivity index (χ3n) is 4.26. The molecule has 140 valence electrons. The lowest BCUT2D eigenvalue weighted by Crippen LogP contribution is -2.45. The Balaban J connectivity index is 1.92. The lowest BCUT2D eigenvalue weighted by atomic mass is 10.2. The maximum Gasteiger partial charge on any atom is 0.317 e. The summed E-state index contributed by atoms with van der Waals surface area (Å²) < 4.78 is 5.20. The van der Waals surface area contributed by atoms with Crippen molar-refractivity contribution in [2.45, 2.75) is 65.5 Å². The van der Waals surface area contributed by atoms with E-state index in [1.54, 1.807) is 11.8 Å². The number of nitrogens with one attached hydrogen (secondary N) is 1. The SMILES string of the molecule is CC(=O)N(CCc1noc(C(C)C)n1)C1CCN(C(=O)NC(C)C)C1. The van der Waals surface area contributed by atoms with E-state index in [1.807, 2.05) is 32.6 Å². The lowest BCUT2D eigenvalue weighted by Gasteiger charge is -2.28. The molecule has 2 rings (SSSR count). The zero-order valence-corrected chi connectivity index (χ0v) is 15.8. The van der Waals surface area contributed by atoms with Crippen molar-refractivity contribution >= 4 is 11.9 Å². The molecule has 1 fully saturated rings. The van der Waals surface area contributed by atoms with Crippen LogP contribution in [0.2, 0.25) is 0 Å². The summed E-state index contributed by atoms with van der Waals surface area (Å²) in [7, 11) is 0. The average molecular weight is 351 g/mol. The Hall–Kier alpha value is -2.12. The highest BCUT2D eigenvalue weighted by Crippen LogP contribution is 2.17. The Bertz CT molecular complexity index is 599. The van der Waals surface area contributed by atoms with Crippen LogP contribution < -0.4 is 5.32 Å². The van der Waals surface area contributed by atoms with Crippen LogP contribution in [0.3, 0.4) is 0 Å². The molecule has 1 aliphatic rings. The largest absolute Gasteiger partial charge is 0.339 e. The van der Waals surface area contributed by atoms with Crippen LogP contribution in [0.25, 0.3) is 0 Å². The molecule has 1 N–H and O–H groups in total. The van der Waals surface area contributed by atoms with Crippen molar-refractivity contribution in [3.8, 4) is 0 Å². The molecule has 2 heterocycles. The number of carbonyl (C=O) groups is 2. The second kappa shape index (κ2) is 8.31. The van der Waals surface area contributed by atoms with Gasteiger partial charge in [0.25, 0.3) is 0 Å². The number of rotatable bonds is 6. The third kappa shape index (κ3) is 5.17. The van der Waals surface area contributed by atoms with Gasteiger partial charge in [0.1, 0.15) is 0 Å². The van der Waals surface area contributed by atoms with Crippen LogP contribution in [0, 0.1) is 0 Å². The molecule has 1 saturated heterocycles. The highest BCUT2D eigenvalue weighted by atomic mass is 16.5. The number of carbonyl (C=O) groups excluding carboxylic acids is 2. The minimum absolute atomic E-state index is 0.00342. The summed E-state index contributed by atoms with van der Waals surface area (Å²) in [5, 5.41) is 6.87. The maximum atomic E-state index is 12.1. The van der Waals surface area contributed by atoms with Crippen molar-refractivity contribution in [3.05, 3.63) is 11.7 Å². The van der Waals surface area contributed by atoms with Crippen molar-refractivity contribution in [2.24, 2.45) is 0 Å². The second-order valence-corrected chi connectivity index (χ2v) is 7.16. The van der Waals surface area contributed by atoms with Crippen LogP contribution in [0.15, 0.2) is 4.52 Å². The van der Waals surface area contributed by atoms with Crippen molar-refractivity contribution in [2.75, 3.05) is 19.6 Å². The monoisotopic (exact) mass is 351 g/mol. The molecule has 1 aromatic heterocycles. The summed E-state index contributed by atoms with van der Waals surface area (Å²) >= 11 is 0. The molecule has 0 bridgehead atoms. The lowest BCUT2D eigenvalue weighted by molar-refractivity contribution is -0.130. The normalized spacial score (nSPS) is 17.4. The van der Waals surface area contributed by atoms with Crippen molar-refractivity contribution < 1.29 is 14.1 Å². The maximum absolute atomic E-state index is 12.1. The summed E-state index contributed by atoms with van der Waals surface area (Å²) in [6.07, 6.45) is 1.33. The van der Waals surface area contributed by atoms with E-state index in [9.17, 15) is 9.59 Å². The minimum Gasteiger partial charge on any atom is -0.339 e. The number of hydrogen-bond acceptors (Lipinski definition) is 5. The van der Waals surface area contributed by atoms with Crippen molar-refractivity contribution in [3.63, 3.8) is 0 Å². The summed E-state index contributed by atoms with van der Waals surface area (Å²) in [4.78, 5) is 32.1. The van der Waals surface area contributed by atoms with Crippen molar-refractivity contribution in [1.29, 1.82) is 0 Å². The zero-order valence-electron chi connectivity index (χ0n) is 15.8. The van der Waals surface area contributed by atoms with E-state index in [0.29, 0.717) is 37.8 Å². The Kier molecular flexibility index (Phi) is 6.39. The molecule has 1 aromatic rings. The van der Waals surface area contributed by atoms with Gasteiger partial charge in [0.2, 0.25) is 11.8 Å². The van der Waals surface area contributed by atoms with Gasteiger partial charge in [-0.05, 0) is 20.3 Å². The average Bonchev–Trinajstić information content (AvgIpc) is 3.15. The van der Waals surface area contributed by atoms with Gasteiger partial charge in [-0.25, -0.2) is 4.79 Å². The van der Waals surface area contributed by atoms with Gasteiger partial charge in [-0.2, -0.15) is 4.98 Å². The number of urea groups is 1. The molecule has 1 unspecified atom stereocenters. The molecule has 3 amide bonds. The molecular formula is C17H29N5O3. The molecule has 8 heteroatoms. The Morgan fingerprint density at radius 1 is 1.36 bits per heavy atom. The Morgan fingerprint density at radius 2 is 2.08 bits per heavy atom. The van der Waals surface area contributed by atoms with Crippen LogP contribution >= 0.6 is 0 Å². The molecule has 0 aromatic carbocycles. The first-order valence-electron chi connectivity index (χ1n) is 8.93. The van der Waals surface area contributed by atoms with E-state index >= 15 is 0 Å². The first kappa shape index (κ1) is 19.2. The van der Waals surface area contributed by atoms with Crippen LogP contribution in [0.4, 0.5) is 4.79 Å². The topological polar surface area (TPSA) is 91.6 Å². The molecule has 0 spiro atoms. The molecule has 25 heavy (non-hydrogen) atoms. The third-order valence-corrected chi connectivity index (χ3v) is 4.26. The number of nitrogens with zero attached hydrogens (tertiary/aromatic N) is 4. The zero-order chi connectivity index (χ0) is 18.6. The smallest absolute Gasteiger partial charge is 0.317 e. The van der Waals surface area contributed by atoms with E-state index < -0.39 is 0 Å². The highest BCUT2D eigenvalue weighted by Gasteiger charge is 2.32. The number of hydrogen-bond donors (Lipinski definition) is 1. The van der Waals surface area contributed by atoms with Gasteiger partial charge in [-0.15, -0.1) is 0 Å². The number of amides is 3. The molecule has 1 atom stereocenters.